The topological polar surface area (TPSA) is 51.2 Å². The van der Waals surface area contributed by atoms with Crippen molar-refractivity contribution in [2.45, 2.75) is 26.3 Å². The number of nitrogens with one attached hydrogen (secondary N) is 1. The van der Waals surface area contributed by atoms with Gasteiger partial charge in [-0.3, -0.25) is 4.79 Å². The zero-order chi connectivity index (χ0) is 13.1. The maximum atomic E-state index is 11.9. The number of nitrogens with zero attached hydrogens (tertiary/aromatic N) is 1. The molecule has 1 aromatic carbocycles. The molecule has 4 nitrogen and oxygen atoms in total. The number of ether oxygens (including phenoxy) is 1. The molecule has 0 bridgehead atoms. The Morgan fingerprint density at radius 3 is 3.00 bits per heavy atom. The molecule has 1 aromatic heterocycles. The van der Waals surface area contributed by atoms with E-state index in [9.17, 15) is 4.79 Å². The summed E-state index contributed by atoms with van der Waals surface area (Å²) < 4.78 is 6.11. The average molecular weight is 264 g/mol. The van der Waals surface area contributed by atoms with Crippen molar-refractivity contribution in [1.29, 1.82) is 0 Å². The summed E-state index contributed by atoms with van der Waals surface area (Å²) in [6.07, 6.45) is 0.907. The highest BCUT2D eigenvalue weighted by Gasteiger charge is 2.14. The Balaban J connectivity index is 2.26. The molecule has 0 aliphatic carbocycles. The Hall–Kier alpha value is -1.62. The van der Waals surface area contributed by atoms with Crippen LogP contribution in [-0.4, -0.2) is 24.0 Å². The smallest absolute Gasteiger partial charge is 0.280 e. The number of amides is 1. The van der Waals surface area contributed by atoms with Gasteiger partial charge in [-0.15, -0.1) is 11.3 Å². The summed E-state index contributed by atoms with van der Waals surface area (Å²) in [6.45, 7) is 4.02. The van der Waals surface area contributed by atoms with Crippen LogP contribution in [0.5, 0.6) is 5.75 Å². The fraction of sp³-hybridized carbons (Fsp3) is 0.385. The number of carbonyl (C=O) groups excluding carboxylic acids is 1. The molecule has 2 rings (SSSR count). The van der Waals surface area contributed by atoms with Crippen molar-refractivity contribution in [2.75, 3.05) is 7.11 Å². The molecule has 0 fully saturated rings. The number of fused-ring (bicyclic) bond motifs is 1. The average Bonchev–Trinajstić information content (AvgIpc) is 2.81. The van der Waals surface area contributed by atoms with E-state index in [4.69, 9.17) is 4.74 Å². The normalized spacial score (nSPS) is 12.4. The summed E-state index contributed by atoms with van der Waals surface area (Å²) in [4.78, 5) is 16.3. The molecule has 96 valence electrons. The quantitative estimate of drug-likeness (QED) is 0.923. The molecule has 5 heteroatoms. The number of rotatable bonds is 4. The van der Waals surface area contributed by atoms with E-state index in [0.29, 0.717) is 5.01 Å². The molecule has 0 radical (unpaired) electrons. The molecular formula is C13H16N2O2S. The molecule has 0 aliphatic rings. The summed E-state index contributed by atoms with van der Waals surface area (Å²) in [5.74, 6) is 0.671. The van der Waals surface area contributed by atoms with Crippen molar-refractivity contribution < 1.29 is 9.53 Å². The Morgan fingerprint density at radius 2 is 2.33 bits per heavy atom. The van der Waals surface area contributed by atoms with Gasteiger partial charge in [0.15, 0.2) is 5.01 Å². The van der Waals surface area contributed by atoms with E-state index >= 15 is 0 Å². The van der Waals surface area contributed by atoms with Crippen LogP contribution in [-0.2, 0) is 0 Å². The maximum absolute atomic E-state index is 11.9. The number of benzene rings is 1. The van der Waals surface area contributed by atoms with E-state index in [2.05, 4.69) is 10.3 Å². The van der Waals surface area contributed by atoms with E-state index in [0.717, 1.165) is 22.4 Å². The molecule has 1 unspecified atom stereocenters. The number of hydrogen-bond acceptors (Lipinski definition) is 4. The second-order valence-corrected chi connectivity index (χ2v) is 5.17. The van der Waals surface area contributed by atoms with Crippen LogP contribution in [0.4, 0.5) is 0 Å². The predicted octanol–water partition coefficient (Wildman–Crippen LogP) is 2.83. The highest BCUT2D eigenvalue weighted by molar-refractivity contribution is 7.20. The van der Waals surface area contributed by atoms with E-state index < -0.39 is 0 Å². The Kier molecular flexibility index (Phi) is 3.81. The third-order valence-corrected chi connectivity index (χ3v) is 3.80. The lowest BCUT2D eigenvalue weighted by Gasteiger charge is -2.08. The molecule has 1 heterocycles. The molecular weight excluding hydrogens is 248 g/mol. The van der Waals surface area contributed by atoms with Crippen molar-refractivity contribution in [3.63, 3.8) is 0 Å². The molecule has 1 atom stereocenters. The van der Waals surface area contributed by atoms with Gasteiger partial charge in [0.25, 0.3) is 5.91 Å². The van der Waals surface area contributed by atoms with Gasteiger partial charge in [0.1, 0.15) is 5.75 Å². The van der Waals surface area contributed by atoms with E-state index in [1.165, 1.54) is 11.3 Å². The van der Waals surface area contributed by atoms with Crippen LogP contribution >= 0.6 is 11.3 Å². The van der Waals surface area contributed by atoms with Gasteiger partial charge in [0, 0.05) is 6.04 Å². The molecule has 1 N–H and O–H groups in total. The largest absolute Gasteiger partial charge is 0.497 e. The number of thiazole rings is 1. The third-order valence-electron chi connectivity index (χ3n) is 2.78. The van der Waals surface area contributed by atoms with Gasteiger partial charge < -0.3 is 10.1 Å². The van der Waals surface area contributed by atoms with Crippen LogP contribution in [0.25, 0.3) is 10.2 Å². The summed E-state index contributed by atoms with van der Waals surface area (Å²) in [5.41, 5.74) is 0.829. The first-order valence-corrected chi connectivity index (χ1v) is 6.71. The first kappa shape index (κ1) is 12.8. The lowest BCUT2D eigenvalue weighted by molar-refractivity contribution is 0.0939. The van der Waals surface area contributed by atoms with Crippen LogP contribution in [0.2, 0.25) is 0 Å². The number of aromatic nitrogens is 1. The van der Waals surface area contributed by atoms with Crippen molar-refractivity contribution in [1.82, 2.24) is 10.3 Å². The first-order chi connectivity index (χ1) is 8.63. The standard InChI is InChI=1S/C13H16N2O2S/c1-4-8(2)14-12(16)13-15-10-6-5-9(17-3)7-11(10)18-13/h5-8H,4H2,1-3H3,(H,14,16). The molecule has 1 amide bonds. The minimum Gasteiger partial charge on any atom is -0.497 e. The summed E-state index contributed by atoms with van der Waals surface area (Å²) in [6, 6.07) is 5.77. The van der Waals surface area contributed by atoms with Crippen LogP contribution in [0, 0.1) is 0 Å². The monoisotopic (exact) mass is 264 g/mol. The van der Waals surface area contributed by atoms with Gasteiger partial charge in [-0.1, -0.05) is 6.92 Å². The second kappa shape index (κ2) is 5.35. The second-order valence-electron chi connectivity index (χ2n) is 4.14. The van der Waals surface area contributed by atoms with Crippen molar-refractivity contribution in [3.8, 4) is 5.75 Å². The fourth-order valence-electron chi connectivity index (χ4n) is 1.52. The Bertz CT molecular complexity index is 565. The number of carbonyl (C=O) groups is 1. The van der Waals surface area contributed by atoms with Gasteiger partial charge in [-0.2, -0.15) is 0 Å². The summed E-state index contributed by atoms with van der Waals surface area (Å²) >= 11 is 1.38. The molecule has 0 aliphatic heterocycles. The van der Waals surface area contributed by atoms with Crippen molar-refractivity contribution >= 4 is 27.5 Å². The van der Waals surface area contributed by atoms with Crippen LogP contribution in [0.3, 0.4) is 0 Å². The van der Waals surface area contributed by atoms with Gasteiger partial charge in [-0.25, -0.2) is 4.98 Å². The zero-order valence-corrected chi connectivity index (χ0v) is 11.5. The van der Waals surface area contributed by atoms with E-state index in [1.54, 1.807) is 7.11 Å². The fourth-order valence-corrected chi connectivity index (χ4v) is 2.41. The third kappa shape index (κ3) is 2.61. The van der Waals surface area contributed by atoms with Crippen molar-refractivity contribution in [2.24, 2.45) is 0 Å². The Labute approximate surface area is 110 Å². The van der Waals surface area contributed by atoms with Crippen LogP contribution in [0.1, 0.15) is 30.1 Å². The van der Waals surface area contributed by atoms with Crippen LogP contribution in [0.15, 0.2) is 18.2 Å². The molecule has 18 heavy (non-hydrogen) atoms. The number of hydrogen-bond donors (Lipinski definition) is 1. The van der Waals surface area contributed by atoms with Gasteiger partial charge in [-0.05, 0) is 31.5 Å². The van der Waals surface area contributed by atoms with Gasteiger partial charge >= 0.3 is 0 Å². The van der Waals surface area contributed by atoms with Gasteiger partial charge in [0.05, 0.1) is 17.3 Å². The minimum absolute atomic E-state index is 0.107. The maximum Gasteiger partial charge on any atom is 0.280 e. The molecule has 0 saturated carbocycles. The predicted molar refractivity (Wildman–Crippen MR) is 73.4 cm³/mol. The van der Waals surface area contributed by atoms with E-state index in [1.807, 2.05) is 32.0 Å². The van der Waals surface area contributed by atoms with E-state index in [-0.39, 0.29) is 11.9 Å². The molecule has 2 aromatic rings. The first-order valence-electron chi connectivity index (χ1n) is 5.89. The lowest BCUT2D eigenvalue weighted by atomic mass is 10.2. The number of methoxy groups -OCH3 is 1. The molecule has 0 saturated heterocycles. The summed E-state index contributed by atoms with van der Waals surface area (Å²) in [5, 5.41) is 3.41. The highest BCUT2D eigenvalue weighted by Crippen LogP contribution is 2.26. The minimum atomic E-state index is -0.107. The lowest BCUT2D eigenvalue weighted by Crippen LogP contribution is -2.31. The summed E-state index contributed by atoms with van der Waals surface area (Å²) in [7, 11) is 1.62. The van der Waals surface area contributed by atoms with Crippen LogP contribution < -0.4 is 10.1 Å². The zero-order valence-electron chi connectivity index (χ0n) is 10.7. The SMILES string of the molecule is CCC(C)NC(=O)c1nc2ccc(OC)cc2s1. The van der Waals surface area contributed by atoms with Gasteiger partial charge in [0.2, 0.25) is 0 Å². The highest BCUT2D eigenvalue weighted by atomic mass is 32.1. The molecule has 0 spiro atoms. The Morgan fingerprint density at radius 1 is 1.56 bits per heavy atom. The van der Waals surface area contributed by atoms with Crippen molar-refractivity contribution in [3.05, 3.63) is 23.2 Å².